The quantitative estimate of drug-likeness (QED) is 0.859. The van der Waals surface area contributed by atoms with Crippen molar-refractivity contribution in [3.8, 4) is 0 Å². The molecule has 1 aromatic carbocycles. The van der Waals surface area contributed by atoms with Crippen molar-refractivity contribution in [3.63, 3.8) is 0 Å². The van der Waals surface area contributed by atoms with Gasteiger partial charge in [0.05, 0.1) is 6.04 Å². The fourth-order valence-electron chi connectivity index (χ4n) is 2.01. The molecule has 0 aliphatic heterocycles. The number of halogens is 1. The third-order valence-corrected chi connectivity index (χ3v) is 4.00. The van der Waals surface area contributed by atoms with Crippen molar-refractivity contribution >= 4 is 23.2 Å². The molecule has 0 saturated heterocycles. The van der Waals surface area contributed by atoms with Crippen molar-refractivity contribution in [2.75, 3.05) is 6.54 Å². The highest BCUT2D eigenvalue weighted by Crippen LogP contribution is 2.26. The van der Waals surface area contributed by atoms with Crippen molar-refractivity contribution in [2.24, 2.45) is 0 Å². The number of carbonyl (C=O) groups is 2. The summed E-state index contributed by atoms with van der Waals surface area (Å²) in [5.41, 5.74) is 0.816. The number of nitrogens with one attached hydrogen (secondary N) is 2. The van der Waals surface area contributed by atoms with Crippen LogP contribution in [0.1, 0.15) is 29.8 Å². The summed E-state index contributed by atoms with van der Waals surface area (Å²) in [6.07, 6.45) is 0.197. The van der Waals surface area contributed by atoms with E-state index in [1.165, 1.54) is 30.4 Å². The van der Waals surface area contributed by atoms with E-state index in [-0.39, 0.29) is 30.1 Å². The topological polar surface area (TPSA) is 58.2 Å². The average molecular weight is 320 g/mol. The van der Waals surface area contributed by atoms with Crippen molar-refractivity contribution in [3.05, 3.63) is 58.0 Å². The van der Waals surface area contributed by atoms with Crippen LogP contribution in [-0.4, -0.2) is 18.4 Å². The van der Waals surface area contributed by atoms with Crippen LogP contribution in [0, 0.1) is 5.82 Å². The van der Waals surface area contributed by atoms with Gasteiger partial charge in [0.15, 0.2) is 0 Å². The molecule has 2 N–H and O–H groups in total. The van der Waals surface area contributed by atoms with Crippen LogP contribution >= 0.6 is 11.3 Å². The number of hydrogen-bond donors (Lipinski definition) is 2. The molecule has 0 radical (unpaired) electrons. The Morgan fingerprint density at radius 2 is 1.95 bits per heavy atom. The lowest BCUT2D eigenvalue weighted by atomic mass is 10.1. The monoisotopic (exact) mass is 320 g/mol. The van der Waals surface area contributed by atoms with Gasteiger partial charge in [-0.3, -0.25) is 9.59 Å². The minimum Gasteiger partial charge on any atom is -0.356 e. The number of amides is 2. The zero-order chi connectivity index (χ0) is 15.9. The summed E-state index contributed by atoms with van der Waals surface area (Å²) in [5.74, 6) is -0.650. The largest absolute Gasteiger partial charge is 0.356 e. The Kier molecular flexibility index (Phi) is 5.66. The van der Waals surface area contributed by atoms with Crippen LogP contribution in [0.15, 0.2) is 41.8 Å². The number of rotatable bonds is 6. The van der Waals surface area contributed by atoms with Crippen molar-refractivity contribution in [2.45, 2.75) is 19.4 Å². The molecule has 1 unspecified atom stereocenters. The van der Waals surface area contributed by atoms with Crippen molar-refractivity contribution in [1.82, 2.24) is 10.6 Å². The Morgan fingerprint density at radius 1 is 1.23 bits per heavy atom. The van der Waals surface area contributed by atoms with Gasteiger partial charge in [-0.2, -0.15) is 0 Å². The van der Waals surface area contributed by atoms with Crippen LogP contribution in [0.4, 0.5) is 4.39 Å². The fraction of sp³-hybridized carbons (Fsp3) is 0.250. The van der Waals surface area contributed by atoms with Gasteiger partial charge in [-0.15, -0.1) is 11.3 Å². The predicted molar refractivity (Wildman–Crippen MR) is 84.0 cm³/mol. The van der Waals surface area contributed by atoms with E-state index < -0.39 is 0 Å². The van der Waals surface area contributed by atoms with Gasteiger partial charge in [0.25, 0.3) is 0 Å². The summed E-state index contributed by atoms with van der Waals surface area (Å²) in [5, 5.41) is 7.44. The molecular weight excluding hydrogens is 303 g/mol. The fourth-order valence-corrected chi connectivity index (χ4v) is 2.82. The highest BCUT2D eigenvalue weighted by atomic mass is 32.1. The number of benzene rings is 1. The summed E-state index contributed by atoms with van der Waals surface area (Å²) >= 11 is 1.52. The molecule has 22 heavy (non-hydrogen) atoms. The number of hydrogen-bond acceptors (Lipinski definition) is 3. The Morgan fingerprint density at radius 3 is 2.55 bits per heavy atom. The van der Waals surface area contributed by atoms with Crippen LogP contribution in [0.25, 0.3) is 0 Å². The van der Waals surface area contributed by atoms with E-state index in [0.29, 0.717) is 6.54 Å². The second kappa shape index (κ2) is 7.70. The molecule has 2 aromatic rings. The van der Waals surface area contributed by atoms with E-state index in [4.69, 9.17) is 0 Å². The molecular formula is C16H17FN2O2S. The maximum atomic E-state index is 13.1. The summed E-state index contributed by atoms with van der Waals surface area (Å²) in [6.45, 7) is 1.70. The smallest absolute Gasteiger partial charge is 0.222 e. The van der Waals surface area contributed by atoms with Crippen LogP contribution in [-0.2, 0) is 9.59 Å². The van der Waals surface area contributed by atoms with Crippen LogP contribution < -0.4 is 10.6 Å². The Hall–Kier alpha value is -2.21. The first-order chi connectivity index (χ1) is 10.6. The first-order valence-corrected chi connectivity index (χ1v) is 7.77. The van der Waals surface area contributed by atoms with E-state index in [1.807, 2.05) is 17.5 Å². The summed E-state index contributed by atoms with van der Waals surface area (Å²) < 4.78 is 13.1. The SMILES string of the molecule is CC(=O)NCCC(=O)NC(c1ccc(F)cc1)c1cccs1. The van der Waals surface area contributed by atoms with Gasteiger partial charge in [-0.05, 0) is 29.1 Å². The molecule has 0 spiro atoms. The molecule has 0 aliphatic rings. The van der Waals surface area contributed by atoms with Gasteiger partial charge in [0.2, 0.25) is 11.8 Å². The Balaban J connectivity index is 2.07. The lowest BCUT2D eigenvalue weighted by Crippen LogP contribution is -2.32. The molecule has 2 rings (SSSR count). The van der Waals surface area contributed by atoms with E-state index in [1.54, 1.807) is 12.1 Å². The molecule has 0 saturated carbocycles. The second-order valence-electron chi connectivity index (χ2n) is 4.80. The third-order valence-electron chi connectivity index (χ3n) is 3.06. The van der Waals surface area contributed by atoms with Crippen molar-refractivity contribution in [1.29, 1.82) is 0 Å². The van der Waals surface area contributed by atoms with Gasteiger partial charge in [-0.25, -0.2) is 4.39 Å². The molecule has 116 valence electrons. The lowest BCUT2D eigenvalue weighted by Gasteiger charge is -2.18. The standard InChI is InChI=1S/C16H17FN2O2S/c1-11(20)18-9-8-15(21)19-16(14-3-2-10-22-14)12-4-6-13(17)7-5-12/h2-7,10,16H,8-9H2,1H3,(H,18,20)(H,19,21). The number of thiophene rings is 1. The van der Waals surface area contributed by atoms with Crippen molar-refractivity contribution < 1.29 is 14.0 Å². The van der Waals surface area contributed by atoms with Gasteiger partial charge in [0.1, 0.15) is 5.82 Å². The molecule has 1 atom stereocenters. The minimum atomic E-state index is -0.314. The summed E-state index contributed by atoms with van der Waals surface area (Å²) in [7, 11) is 0. The molecule has 1 aromatic heterocycles. The molecule has 0 bridgehead atoms. The Labute approximate surface area is 132 Å². The summed E-state index contributed by atoms with van der Waals surface area (Å²) in [6, 6.07) is 9.58. The first-order valence-electron chi connectivity index (χ1n) is 6.89. The van der Waals surface area contributed by atoms with Crippen LogP contribution in [0.5, 0.6) is 0 Å². The lowest BCUT2D eigenvalue weighted by molar-refractivity contribution is -0.122. The van der Waals surface area contributed by atoms with E-state index >= 15 is 0 Å². The van der Waals surface area contributed by atoms with Gasteiger partial charge in [0, 0.05) is 24.8 Å². The van der Waals surface area contributed by atoms with Gasteiger partial charge < -0.3 is 10.6 Å². The van der Waals surface area contributed by atoms with Gasteiger partial charge >= 0.3 is 0 Å². The van der Waals surface area contributed by atoms with Crippen LogP contribution in [0.3, 0.4) is 0 Å². The molecule has 2 amide bonds. The normalized spacial score (nSPS) is 11.7. The third kappa shape index (κ3) is 4.66. The maximum Gasteiger partial charge on any atom is 0.222 e. The average Bonchev–Trinajstić information content (AvgIpc) is 2.99. The minimum absolute atomic E-state index is 0.166. The highest BCUT2D eigenvalue weighted by Gasteiger charge is 2.17. The molecule has 4 nitrogen and oxygen atoms in total. The predicted octanol–water partition coefficient (Wildman–Crippen LogP) is 2.62. The molecule has 0 aliphatic carbocycles. The Bertz CT molecular complexity index is 626. The zero-order valence-electron chi connectivity index (χ0n) is 12.1. The highest BCUT2D eigenvalue weighted by molar-refractivity contribution is 7.10. The molecule has 1 heterocycles. The van der Waals surface area contributed by atoms with Crippen LogP contribution in [0.2, 0.25) is 0 Å². The maximum absolute atomic E-state index is 13.1. The second-order valence-corrected chi connectivity index (χ2v) is 5.78. The molecule has 6 heteroatoms. The van der Waals surface area contributed by atoms with E-state index in [9.17, 15) is 14.0 Å². The molecule has 0 fully saturated rings. The first kappa shape index (κ1) is 16.2. The van der Waals surface area contributed by atoms with Gasteiger partial charge in [-0.1, -0.05) is 18.2 Å². The number of carbonyl (C=O) groups excluding carboxylic acids is 2. The zero-order valence-corrected chi connectivity index (χ0v) is 13.0. The summed E-state index contributed by atoms with van der Waals surface area (Å²) in [4.78, 5) is 23.8. The van der Waals surface area contributed by atoms with E-state index in [2.05, 4.69) is 10.6 Å². The van der Waals surface area contributed by atoms with E-state index in [0.717, 1.165) is 10.4 Å².